The molecule has 2 aromatic rings. The minimum absolute atomic E-state index is 0.0478. The smallest absolute Gasteiger partial charge is 0.478 e. The van der Waals surface area contributed by atoms with Gasteiger partial charge in [0.25, 0.3) is 10.0 Å². The lowest BCUT2D eigenvalue weighted by molar-refractivity contribution is -0.192. The first-order chi connectivity index (χ1) is 16.6. The van der Waals surface area contributed by atoms with E-state index in [-0.39, 0.29) is 10.5 Å². The van der Waals surface area contributed by atoms with Crippen molar-refractivity contribution in [3.05, 3.63) is 53.6 Å². The molecule has 1 atom stereocenters. The maximum atomic E-state index is 13.0. The number of hydrogen-bond acceptors (Lipinski definition) is 5. The number of anilines is 2. The van der Waals surface area contributed by atoms with Crippen LogP contribution in [0.2, 0.25) is 0 Å². The number of halogens is 3. The van der Waals surface area contributed by atoms with Gasteiger partial charge in [0.1, 0.15) is 0 Å². The van der Waals surface area contributed by atoms with E-state index < -0.39 is 28.1 Å². The topological polar surface area (TPSA) is 124 Å². The zero-order valence-electron chi connectivity index (χ0n) is 20.0. The molecule has 0 amide bonds. The number of sulfonamides is 1. The summed E-state index contributed by atoms with van der Waals surface area (Å²) in [5, 5.41) is 16.5. The van der Waals surface area contributed by atoms with Crippen LogP contribution in [0.5, 0.6) is 0 Å². The largest absolute Gasteiger partial charge is 0.490 e. The van der Waals surface area contributed by atoms with Gasteiger partial charge in [-0.25, -0.2) is 18.0 Å². The summed E-state index contributed by atoms with van der Waals surface area (Å²) >= 11 is 0. The summed E-state index contributed by atoms with van der Waals surface area (Å²) in [6.45, 7) is 7.88. The third-order valence-electron chi connectivity index (χ3n) is 5.59. The SMILES string of the molecule is CC1CCCN(c2ccc(C(=O)O)cc2NS(=O)(=O)c2ccc(C(C)C)cc2)C1.O=C(O)C(F)(F)F. The van der Waals surface area contributed by atoms with E-state index in [9.17, 15) is 31.5 Å². The first-order valence-electron chi connectivity index (χ1n) is 11.2. The van der Waals surface area contributed by atoms with Crippen LogP contribution < -0.4 is 9.62 Å². The Morgan fingerprint density at radius 1 is 1.08 bits per heavy atom. The number of alkyl halides is 3. The van der Waals surface area contributed by atoms with Crippen LogP contribution in [0.3, 0.4) is 0 Å². The van der Waals surface area contributed by atoms with Gasteiger partial charge >= 0.3 is 18.1 Å². The number of aromatic carboxylic acids is 1. The predicted molar refractivity (Wildman–Crippen MR) is 129 cm³/mol. The number of aliphatic carboxylic acids is 1. The molecule has 1 unspecified atom stereocenters. The highest BCUT2D eigenvalue weighted by molar-refractivity contribution is 7.92. The van der Waals surface area contributed by atoms with Crippen molar-refractivity contribution in [1.29, 1.82) is 0 Å². The summed E-state index contributed by atoms with van der Waals surface area (Å²) < 4.78 is 60.3. The van der Waals surface area contributed by atoms with E-state index in [0.29, 0.717) is 23.2 Å². The van der Waals surface area contributed by atoms with Gasteiger partial charge in [0.05, 0.1) is 21.8 Å². The van der Waals surface area contributed by atoms with Crippen LogP contribution in [0, 0.1) is 5.92 Å². The second-order valence-electron chi connectivity index (χ2n) is 8.86. The van der Waals surface area contributed by atoms with Crippen molar-refractivity contribution in [2.75, 3.05) is 22.7 Å². The Labute approximate surface area is 207 Å². The van der Waals surface area contributed by atoms with Crippen LogP contribution >= 0.6 is 0 Å². The molecule has 198 valence electrons. The van der Waals surface area contributed by atoms with Gasteiger partial charge in [-0.1, -0.05) is 32.9 Å². The third kappa shape index (κ3) is 7.87. The van der Waals surface area contributed by atoms with Gasteiger partial charge in [0.15, 0.2) is 0 Å². The molecule has 1 aliphatic heterocycles. The van der Waals surface area contributed by atoms with Crippen LogP contribution in [0.4, 0.5) is 24.5 Å². The molecule has 0 aliphatic carbocycles. The number of carboxylic acids is 2. The lowest BCUT2D eigenvalue weighted by Crippen LogP contribution is -2.35. The van der Waals surface area contributed by atoms with Crippen LogP contribution in [0.1, 0.15) is 55.5 Å². The molecule has 1 saturated heterocycles. The number of piperidine rings is 1. The lowest BCUT2D eigenvalue weighted by atomic mass is 9.99. The van der Waals surface area contributed by atoms with Crippen molar-refractivity contribution in [3.63, 3.8) is 0 Å². The molecule has 0 bridgehead atoms. The number of nitrogens with one attached hydrogen (secondary N) is 1. The Morgan fingerprint density at radius 2 is 1.67 bits per heavy atom. The summed E-state index contributed by atoms with van der Waals surface area (Å²) in [5.41, 5.74) is 2.11. The maximum absolute atomic E-state index is 13.0. The fourth-order valence-electron chi connectivity index (χ4n) is 3.67. The lowest BCUT2D eigenvalue weighted by Gasteiger charge is -2.34. The Balaban J connectivity index is 0.000000572. The molecule has 1 aliphatic rings. The first-order valence-corrected chi connectivity index (χ1v) is 12.6. The Kier molecular flexibility index (Phi) is 9.36. The molecule has 1 fully saturated rings. The summed E-state index contributed by atoms with van der Waals surface area (Å²) in [7, 11) is -3.84. The van der Waals surface area contributed by atoms with Gasteiger partial charge < -0.3 is 15.1 Å². The summed E-state index contributed by atoms with van der Waals surface area (Å²) in [6, 6.07) is 11.4. The van der Waals surface area contributed by atoms with Crippen LogP contribution in [-0.2, 0) is 14.8 Å². The van der Waals surface area contributed by atoms with E-state index in [1.807, 2.05) is 13.8 Å². The van der Waals surface area contributed by atoms with E-state index in [1.165, 1.54) is 12.1 Å². The van der Waals surface area contributed by atoms with E-state index in [4.69, 9.17) is 9.90 Å². The number of hydrogen-bond donors (Lipinski definition) is 3. The highest BCUT2D eigenvalue weighted by Crippen LogP contribution is 2.33. The van der Waals surface area contributed by atoms with Crippen molar-refractivity contribution in [2.45, 2.75) is 50.6 Å². The Bertz CT molecular complexity index is 1180. The minimum atomic E-state index is -5.08. The monoisotopic (exact) mass is 530 g/mol. The number of rotatable bonds is 6. The Hall–Kier alpha value is -3.28. The summed E-state index contributed by atoms with van der Waals surface area (Å²) in [5.74, 6) is -3.05. The number of nitrogens with zero attached hydrogens (tertiary/aromatic N) is 1. The zero-order valence-corrected chi connectivity index (χ0v) is 20.9. The number of benzene rings is 2. The van der Waals surface area contributed by atoms with E-state index in [2.05, 4.69) is 16.5 Å². The molecule has 3 N–H and O–H groups in total. The van der Waals surface area contributed by atoms with Crippen molar-refractivity contribution >= 4 is 33.3 Å². The first kappa shape index (κ1) is 29.0. The molecular weight excluding hydrogens is 501 g/mol. The van der Waals surface area contributed by atoms with Crippen molar-refractivity contribution in [3.8, 4) is 0 Å². The van der Waals surface area contributed by atoms with Gasteiger partial charge in [-0.15, -0.1) is 0 Å². The zero-order chi connectivity index (χ0) is 27.3. The summed E-state index contributed by atoms with van der Waals surface area (Å²) in [4.78, 5) is 22.6. The molecule has 36 heavy (non-hydrogen) atoms. The molecule has 3 rings (SSSR count). The number of carboxylic acid groups (broad SMARTS) is 2. The average Bonchev–Trinajstić information content (AvgIpc) is 2.78. The van der Waals surface area contributed by atoms with Gasteiger partial charge in [-0.3, -0.25) is 4.72 Å². The predicted octanol–water partition coefficient (Wildman–Crippen LogP) is 5.18. The fourth-order valence-corrected chi connectivity index (χ4v) is 4.74. The van der Waals surface area contributed by atoms with Crippen LogP contribution in [0.25, 0.3) is 0 Å². The molecule has 0 saturated carbocycles. The highest BCUT2D eigenvalue weighted by atomic mass is 32.2. The van der Waals surface area contributed by atoms with Gasteiger partial charge in [0, 0.05) is 13.1 Å². The highest BCUT2D eigenvalue weighted by Gasteiger charge is 2.38. The molecule has 2 aromatic carbocycles. The van der Waals surface area contributed by atoms with Crippen molar-refractivity contribution in [1.82, 2.24) is 0 Å². The fraction of sp³-hybridized carbons (Fsp3) is 0.417. The second kappa shape index (κ2) is 11.6. The third-order valence-corrected chi connectivity index (χ3v) is 6.97. The van der Waals surface area contributed by atoms with Crippen molar-refractivity contribution < 1.29 is 41.4 Å². The quantitative estimate of drug-likeness (QED) is 0.470. The van der Waals surface area contributed by atoms with E-state index >= 15 is 0 Å². The standard InChI is InChI=1S/C22H28N2O4S.C2HF3O2/c1-15(2)17-6-9-19(10-7-17)29(27,28)23-20-13-18(22(25)26)8-11-21(20)24-12-4-5-16(3)14-24;3-2(4,5)1(6)7/h6-11,13,15-16,23H,4-5,12,14H2,1-3H3,(H,25,26);(H,6,7). The molecule has 0 aromatic heterocycles. The van der Waals surface area contributed by atoms with Crippen LogP contribution in [0.15, 0.2) is 47.4 Å². The Morgan fingerprint density at radius 3 is 2.14 bits per heavy atom. The summed E-state index contributed by atoms with van der Waals surface area (Å²) in [6.07, 6.45) is -2.93. The molecule has 0 spiro atoms. The minimum Gasteiger partial charge on any atom is -0.478 e. The molecular formula is C24H29F3N2O6S. The number of carbonyl (C=O) groups is 2. The second-order valence-corrected chi connectivity index (χ2v) is 10.5. The normalized spacial score (nSPS) is 16.2. The molecule has 1 heterocycles. The maximum Gasteiger partial charge on any atom is 0.490 e. The molecule has 8 nitrogen and oxygen atoms in total. The molecule has 12 heteroatoms. The van der Waals surface area contributed by atoms with Gasteiger partial charge in [-0.05, 0) is 60.6 Å². The van der Waals surface area contributed by atoms with Gasteiger partial charge in [0.2, 0.25) is 0 Å². The molecule has 0 radical (unpaired) electrons. The van der Waals surface area contributed by atoms with E-state index in [1.54, 1.807) is 30.3 Å². The van der Waals surface area contributed by atoms with Gasteiger partial charge in [-0.2, -0.15) is 13.2 Å². The van der Waals surface area contributed by atoms with Crippen LogP contribution in [-0.4, -0.2) is 49.8 Å². The van der Waals surface area contributed by atoms with E-state index in [0.717, 1.165) is 31.5 Å². The average molecular weight is 531 g/mol. The van der Waals surface area contributed by atoms with Crippen molar-refractivity contribution in [2.24, 2.45) is 5.92 Å².